The Bertz CT molecular complexity index is 793. The summed E-state index contributed by atoms with van der Waals surface area (Å²) in [5.41, 5.74) is 7.43. The Kier molecular flexibility index (Phi) is 7.81. The van der Waals surface area contributed by atoms with Crippen LogP contribution < -0.4 is 5.73 Å². The Hall–Kier alpha value is -2.39. The van der Waals surface area contributed by atoms with Crippen LogP contribution in [0.1, 0.15) is 51.5 Å². The third kappa shape index (κ3) is 4.86. The molecule has 2 N–H and O–H groups in total. The monoisotopic (exact) mass is 386 g/mol. The van der Waals surface area contributed by atoms with E-state index in [-0.39, 0.29) is 18.1 Å². The molecule has 1 aromatic carbocycles. The number of hydrogen-bond donors (Lipinski definition) is 1. The first-order valence-corrected chi connectivity index (χ1v) is 10.2. The van der Waals surface area contributed by atoms with Crippen LogP contribution >= 0.6 is 11.8 Å². The minimum absolute atomic E-state index is 0.0406. The number of carbonyl (C=O) groups is 1. The molecule has 0 aliphatic carbocycles. The van der Waals surface area contributed by atoms with Gasteiger partial charge in [0.05, 0.1) is 18.1 Å². The highest BCUT2D eigenvalue weighted by Crippen LogP contribution is 2.43. The van der Waals surface area contributed by atoms with Gasteiger partial charge in [-0.1, -0.05) is 38.0 Å². The number of nitrogens with two attached hydrogens (primary N) is 1. The molecule has 0 spiro atoms. The van der Waals surface area contributed by atoms with Gasteiger partial charge in [0.1, 0.15) is 17.4 Å². The smallest absolute Gasteiger partial charge is 0.338 e. The standard InChI is InChI=1S/C21H26N2O3S/c1-4-6-9-12-27-17-11-8-7-10-15(17)19-16(13-22)20(23)26-14(3)18(19)21(24)25-5-2/h7-8,10-11,19H,4-6,9,12,23H2,1-3H3. The second kappa shape index (κ2) is 10.1. The minimum atomic E-state index is -0.585. The van der Waals surface area contributed by atoms with E-state index in [9.17, 15) is 10.1 Å². The van der Waals surface area contributed by atoms with Crippen LogP contribution in [0.2, 0.25) is 0 Å². The van der Waals surface area contributed by atoms with Gasteiger partial charge < -0.3 is 15.2 Å². The number of thioether (sulfide) groups is 1. The maximum Gasteiger partial charge on any atom is 0.338 e. The number of nitrogens with zero attached hydrogens (tertiary/aromatic N) is 1. The van der Waals surface area contributed by atoms with Gasteiger partial charge in [0, 0.05) is 4.90 Å². The normalized spacial score (nSPS) is 16.7. The number of nitriles is 1. The second-order valence-electron chi connectivity index (χ2n) is 6.21. The van der Waals surface area contributed by atoms with Gasteiger partial charge in [-0.3, -0.25) is 0 Å². The summed E-state index contributed by atoms with van der Waals surface area (Å²) in [4.78, 5) is 13.7. The fourth-order valence-electron chi connectivity index (χ4n) is 3.05. The molecule has 0 saturated carbocycles. The predicted octanol–water partition coefficient (Wildman–Crippen LogP) is 4.61. The molecule has 6 heteroatoms. The molecule has 1 aliphatic rings. The van der Waals surface area contributed by atoms with E-state index in [1.165, 1.54) is 6.42 Å². The SMILES string of the molecule is CCCCCSc1ccccc1C1C(C#N)=C(N)OC(C)=C1C(=O)OCC. The maximum absolute atomic E-state index is 12.6. The van der Waals surface area contributed by atoms with Crippen molar-refractivity contribution < 1.29 is 14.3 Å². The highest BCUT2D eigenvalue weighted by atomic mass is 32.2. The molecule has 27 heavy (non-hydrogen) atoms. The number of carbonyl (C=O) groups excluding carboxylic acids is 1. The van der Waals surface area contributed by atoms with Crippen molar-refractivity contribution in [3.05, 3.63) is 52.6 Å². The third-order valence-electron chi connectivity index (χ3n) is 4.34. The lowest BCUT2D eigenvalue weighted by Gasteiger charge is -2.28. The van der Waals surface area contributed by atoms with Crippen molar-refractivity contribution in [2.75, 3.05) is 12.4 Å². The van der Waals surface area contributed by atoms with Crippen molar-refractivity contribution in [2.45, 2.75) is 50.8 Å². The van der Waals surface area contributed by atoms with Crippen LogP contribution in [0.5, 0.6) is 0 Å². The van der Waals surface area contributed by atoms with Crippen LogP contribution in [0.4, 0.5) is 0 Å². The molecule has 1 heterocycles. The first-order chi connectivity index (χ1) is 13.0. The lowest BCUT2D eigenvalue weighted by molar-refractivity contribution is -0.139. The van der Waals surface area contributed by atoms with Crippen LogP contribution in [0.15, 0.2) is 51.9 Å². The van der Waals surface area contributed by atoms with Gasteiger partial charge >= 0.3 is 5.97 Å². The van der Waals surface area contributed by atoms with Crippen molar-refractivity contribution >= 4 is 17.7 Å². The summed E-state index contributed by atoms with van der Waals surface area (Å²) in [7, 11) is 0. The number of unbranched alkanes of at least 4 members (excludes halogenated alkanes) is 2. The molecule has 2 rings (SSSR count). The molecular weight excluding hydrogens is 360 g/mol. The maximum atomic E-state index is 12.6. The summed E-state index contributed by atoms with van der Waals surface area (Å²) in [6, 6.07) is 9.96. The fraction of sp³-hybridized carbons (Fsp3) is 0.429. The summed E-state index contributed by atoms with van der Waals surface area (Å²) in [6.45, 7) is 5.85. The molecule has 0 radical (unpaired) electrons. The molecule has 0 bridgehead atoms. The third-order valence-corrected chi connectivity index (χ3v) is 5.51. The minimum Gasteiger partial charge on any atom is -0.463 e. The van der Waals surface area contributed by atoms with Crippen LogP contribution in [0, 0.1) is 11.3 Å². The number of benzene rings is 1. The fourth-order valence-corrected chi connectivity index (χ4v) is 4.15. The Morgan fingerprint density at radius 3 is 2.74 bits per heavy atom. The molecule has 144 valence electrons. The van der Waals surface area contributed by atoms with Crippen molar-refractivity contribution in [1.29, 1.82) is 5.26 Å². The number of rotatable bonds is 8. The number of hydrogen-bond acceptors (Lipinski definition) is 6. The summed E-state index contributed by atoms with van der Waals surface area (Å²) < 4.78 is 10.7. The molecule has 5 nitrogen and oxygen atoms in total. The van der Waals surface area contributed by atoms with Crippen LogP contribution in [-0.4, -0.2) is 18.3 Å². The van der Waals surface area contributed by atoms with E-state index in [1.54, 1.807) is 25.6 Å². The van der Waals surface area contributed by atoms with Crippen LogP contribution in [-0.2, 0) is 14.3 Å². The van der Waals surface area contributed by atoms with Gasteiger partial charge in [-0.05, 0) is 37.7 Å². The topological polar surface area (TPSA) is 85.3 Å². The first-order valence-electron chi connectivity index (χ1n) is 9.22. The predicted molar refractivity (Wildman–Crippen MR) is 107 cm³/mol. The summed E-state index contributed by atoms with van der Waals surface area (Å²) in [5, 5.41) is 9.70. The largest absolute Gasteiger partial charge is 0.463 e. The summed E-state index contributed by atoms with van der Waals surface area (Å²) in [6.07, 6.45) is 3.46. The van der Waals surface area contributed by atoms with E-state index in [1.807, 2.05) is 24.3 Å². The Morgan fingerprint density at radius 1 is 1.33 bits per heavy atom. The van der Waals surface area contributed by atoms with Crippen molar-refractivity contribution in [1.82, 2.24) is 0 Å². The van der Waals surface area contributed by atoms with Gasteiger partial charge in [0.15, 0.2) is 0 Å². The van der Waals surface area contributed by atoms with E-state index in [4.69, 9.17) is 15.2 Å². The molecular formula is C21H26N2O3S. The molecule has 1 aliphatic heterocycles. The second-order valence-corrected chi connectivity index (χ2v) is 7.35. The molecule has 0 amide bonds. The Labute approximate surface area is 165 Å². The lowest BCUT2D eigenvalue weighted by atomic mass is 9.83. The summed E-state index contributed by atoms with van der Waals surface area (Å²) in [5.74, 6) is 0.329. The molecule has 0 saturated heterocycles. The van der Waals surface area contributed by atoms with Gasteiger partial charge in [0.25, 0.3) is 0 Å². The van der Waals surface area contributed by atoms with E-state index >= 15 is 0 Å². The average molecular weight is 387 g/mol. The van der Waals surface area contributed by atoms with Crippen molar-refractivity contribution in [3.63, 3.8) is 0 Å². The van der Waals surface area contributed by atoms with E-state index in [0.717, 1.165) is 29.1 Å². The van der Waals surface area contributed by atoms with E-state index < -0.39 is 11.9 Å². The Balaban J connectivity index is 2.49. The van der Waals surface area contributed by atoms with Crippen molar-refractivity contribution in [2.24, 2.45) is 5.73 Å². The van der Waals surface area contributed by atoms with E-state index in [2.05, 4.69) is 13.0 Å². The van der Waals surface area contributed by atoms with Crippen molar-refractivity contribution in [3.8, 4) is 6.07 Å². The molecule has 1 unspecified atom stereocenters. The average Bonchev–Trinajstić information content (AvgIpc) is 2.65. The quantitative estimate of drug-likeness (QED) is 0.399. The molecule has 0 aromatic heterocycles. The molecule has 0 fully saturated rings. The van der Waals surface area contributed by atoms with Crippen LogP contribution in [0.3, 0.4) is 0 Å². The molecule has 1 atom stereocenters. The molecule has 1 aromatic rings. The zero-order chi connectivity index (χ0) is 19.8. The van der Waals surface area contributed by atoms with Gasteiger partial charge in [-0.2, -0.15) is 5.26 Å². The lowest BCUT2D eigenvalue weighted by Crippen LogP contribution is -2.25. The zero-order valence-electron chi connectivity index (χ0n) is 16.1. The highest BCUT2D eigenvalue weighted by Gasteiger charge is 2.37. The van der Waals surface area contributed by atoms with Gasteiger partial charge in [-0.15, -0.1) is 11.8 Å². The van der Waals surface area contributed by atoms with Gasteiger partial charge in [0.2, 0.25) is 5.88 Å². The number of allylic oxidation sites excluding steroid dienone is 2. The summed E-state index contributed by atoms with van der Waals surface area (Å²) >= 11 is 1.73. The van der Waals surface area contributed by atoms with Crippen LogP contribution in [0.25, 0.3) is 0 Å². The van der Waals surface area contributed by atoms with E-state index in [0.29, 0.717) is 11.3 Å². The van der Waals surface area contributed by atoms with Gasteiger partial charge in [-0.25, -0.2) is 4.79 Å². The first kappa shape index (κ1) is 20.9. The zero-order valence-corrected chi connectivity index (χ0v) is 16.9. The Morgan fingerprint density at radius 2 is 2.07 bits per heavy atom. The number of esters is 1. The number of ether oxygens (including phenoxy) is 2. The highest BCUT2D eigenvalue weighted by molar-refractivity contribution is 7.99.